The van der Waals surface area contributed by atoms with E-state index in [1.165, 1.54) is 0 Å². The molecule has 6 heteroatoms. The summed E-state index contributed by atoms with van der Waals surface area (Å²) in [6.07, 6.45) is 0.234. The van der Waals surface area contributed by atoms with Gasteiger partial charge in [0.2, 0.25) is 0 Å². The quantitative estimate of drug-likeness (QED) is 0.798. The normalized spacial score (nSPS) is 15.3. The van der Waals surface area contributed by atoms with Gasteiger partial charge in [-0.25, -0.2) is 0 Å². The Morgan fingerprint density at radius 3 is 2.39 bits per heavy atom. The van der Waals surface area contributed by atoms with Crippen LogP contribution in [0.2, 0.25) is 0 Å². The third kappa shape index (κ3) is 4.72. The molecule has 6 nitrogen and oxygen atoms in total. The van der Waals surface area contributed by atoms with Gasteiger partial charge in [0.25, 0.3) is 5.89 Å². The van der Waals surface area contributed by atoms with E-state index in [0.717, 1.165) is 0 Å². The zero-order valence-corrected chi connectivity index (χ0v) is 11.8. The number of aromatic nitrogens is 2. The van der Waals surface area contributed by atoms with E-state index in [1.54, 1.807) is 0 Å². The van der Waals surface area contributed by atoms with E-state index in [0.29, 0.717) is 24.9 Å². The molecule has 1 rings (SSSR count). The molecule has 0 aromatic carbocycles. The molecule has 2 N–H and O–H groups in total. The van der Waals surface area contributed by atoms with Crippen molar-refractivity contribution in [2.24, 2.45) is 5.73 Å². The van der Waals surface area contributed by atoms with E-state index in [-0.39, 0.29) is 12.2 Å². The summed E-state index contributed by atoms with van der Waals surface area (Å²) in [7, 11) is 0. The van der Waals surface area contributed by atoms with E-state index < -0.39 is 5.54 Å². The van der Waals surface area contributed by atoms with Gasteiger partial charge in [-0.15, -0.1) is 0 Å². The van der Waals surface area contributed by atoms with Crippen LogP contribution in [0.15, 0.2) is 4.52 Å². The summed E-state index contributed by atoms with van der Waals surface area (Å²) < 4.78 is 16.0. The number of nitrogens with two attached hydrogens (primary N) is 1. The van der Waals surface area contributed by atoms with E-state index in [4.69, 9.17) is 19.7 Å². The van der Waals surface area contributed by atoms with Gasteiger partial charge >= 0.3 is 0 Å². The van der Waals surface area contributed by atoms with Crippen molar-refractivity contribution in [3.05, 3.63) is 11.7 Å². The van der Waals surface area contributed by atoms with Gasteiger partial charge in [0.15, 0.2) is 5.82 Å². The lowest BCUT2D eigenvalue weighted by molar-refractivity contribution is 0.0410. The van der Waals surface area contributed by atoms with Crippen molar-refractivity contribution in [3.8, 4) is 0 Å². The molecule has 1 aromatic heterocycles. The number of hydrogen-bond acceptors (Lipinski definition) is 6. The highest BCUT2D eigenvalue weighted by atomic mass is 16.5. The summed E-state index contributed by atoms with van der Waals surface area (Å²) in [5, 5.41) is 3.87. The van der Waals surface area contributed by atoms with Crippen LogP contribution in [-0.4, -0.2) is 29.0 Å². The SMILES string of the molecule is CC(C)OCc1nc(C(C)(N)COC(C)C)no1. The van der Waals surface area contributed by atoms with Crippen LogP contribution in [0.3, 0.4) is 0 Å². The molecule has 18 heavy (non-hydrogen) atoms. The van der Waals surface area contributed by atoms with Gasteiger partial charge < -0.3 is 19.7 Å². The van der Waals surface area contributed by atoms with E-state index in [1.807, 2.05) is 34.6 Å². The summed E-state index contributed by atoms with van der Waals surface area (Å²) in [6.45, 7) is 10.2. The molecule has 0 aliphatic carbocycles. The highest BCUT2D eigenvalue weighted by molar-refractivity contribution is 5.01. The van der Waals surface area contributed by atoms with Crippen molar-refractivity contribution in [1.29, 1.82) is 0 Å². The standard InChI is InChI=1S/C12H23N3O3/c1-8(2)16-6-10-14-11(15-18-10)12(5,13)7-17-9(3)4/h8-9H,6-7,13H2,1-5H3. The minimum absolute atomic E-state index is 0.114. The molecule has 0 spiro atoms. The molecule has 0 saturated carbocycles. The summed E-state index contributed by atoms with van der Waals surface area (Å²) >= 11 is 0. The van der Waals surface area contributed by atoms with Gasteiger partial charge in [0.05, 0.1) is 18.8 Å². The largest absolute Gasteiger partial charge is 0.376 e. The van der Waals surface area contributed by atoms with Crippen LogP contribution in [0.25, 0.3) is 0 Å². The molecule has 0 radical (unpaired) electrons. The van der Waals surface area contributed by atoms with Crippen LogP contribution in [-0.2, 0) is 21.6 Å². The fourth-order valence-electron chi connectivity index (χ4n) is 1.19. The first-order valence-corrected chi connectivity index (χ1v) is 6.16. The summed E-state index contributed by atoms with van der Waals surface area (Å²) in [5.41, 5.74) is 5.34. The van der Waals surface area contributed by atoms with Crippen LogP contribution in [0.5, 0.6) is 0 Å². The number of rotatable bonds is 7. The van der Waals surface area contributed by atoms with Gasteiger partial charge in [0.1, 0.15) is 12.1 Å². The molecule has 1 atom stereocenters. The lowest BCUT2D eigenvalue weighted by atomic mass is 10.1. The second-order valence-corrected chi connectivity index (χ2v) is 5.15. The lowest BCUT2D eigenvalue weighted by Crippen LogP contribution is -2.40. The third-order valence-electron chi connectivity index (χ3n) is 2.24. The van der Waals surface area contributed by atoms with Crippen molar-refractivity contribution in [2.75, 3.05) is 6.61 Å². The maximum atomic E-state index is 6.10. The Labute approximate surface area is 108 Å². The van der Waals surface area contributed by atoms with Crippen molar-refractivity contribution < 1.29 is 14.0 Å². The Morgan fingerprint density at radius 1 is 1.22 bits per heavy atom. The van der Waals surface area contributed by atoms with Crippen molar-refractivity contribution >= 4 is 0 Å². The Hall–Kier alpha value is -0.980. The van der Waals surface area contributed by atoms with Crippen LogP contribution < -0.4 is 5.73 Å². The highest BCUT2D eigenvalue weighted by Crippen LogP contribution is 2.16. The van der Waals surface area contributed by atoms with Crippen molar-refractivity contribution in [2.45, 2.75) is 59.0 Å². The van der Waals surface area contributed by atoms with Crippen LogP contribution >= 0.6 is 0 Å². The second kappa shape index (κ2) is 6.26. The van der Waals surface area contributed by atoms with E-state index in [2.05, 4.69) is 10.1 Å². The lowest BCUT2D eigenvalue weighted by Gasteiger charge is -2.21. The number of hydrogen-bond donors (Lipinski definition) is 1. The highest BCUT2D eigenvalue weighted by Gasteiger charge is 2.28. The molecule has 104 valence electrons. The first-order valence-electron chi connectivity index (χ1n) is 6.16. The zero-order chi connectivity index (χ0) is 13.8. The fourth-order valence-corrected chi connectivity index (χ4v) is 1.19. The molecule has 0 amide bonds. The summed E-state index contributed by atoms with van der Waals surface area (Å²) in [4.78, 5) is 4.22. The Kier molecular flexibility index (Phi) is 5.25. The fraction of sp³-hybridized carbons (Fsp3) is 0.833. The number of ether oxygens (including phenoxy) is 2. The van der Waals surface area contributed by atoms with Gasteiger partial charge in [0, 0.05) is 0 Å². The minimum atomic E-state index is -0.760. The van der Waals surface area contributed by atoms with Crippen LogP contribution in [0.1, 0.15) is 46.3 Å². The molecular formula is C12H23N3O3. The molecule has 0 aliphatic rings. The first kappa shape index (κ1) is 15.1. The van der Waals surface area contributed by atoms with E-state index in [9.17, 15) is 0 Å². The smallest absolute Gasteiger partial charge is 0.252 e. The molecule has 1 unspecified atom stereocenters. The minimum Gasteiger partial charge on any atom is -0.376 e. The maximum Gasteiger partial charge on any atom is 0.252 e. The molecule has 0 fully saturated rings. The zero-order valence-electron chi connectivity index (χ0n) is 11.8. The predicted molar refractivity (Wildman–Crippen MR) is 66.9 cm³/mol. The average molecular weight is 257 g/mol. The number of nitrogens with zero attached hydrogens (tertiary/aromatic N) is 2. The second-order valence-electron chi connectivity index (χ2n) is 5.15. The summed E-state index contributed by atoms with van der Waals surface area (Å²) in [5.74, 6) is 0.866. The predicted octanol–water partition coefficient (Wildman–Crippen LogP) is 1.59. The van der Waals surface area contributed by atoms with Gasteiger partial charge in [-0.3, -0.25) is 0 Å². The molecule has 1 aromatic rings. The molecule has 0 bridgehead atoms. The molecular weight excluding hydrogens is 234 g/mol. The first-order chi connectivity index (χ1) is 8.31. The topological polar surface area (TPSA) is 83.4 Å². The van der Waals surface area contributed by atoms with Gasteiger partial charge in [-0.2, -0.15) is 4.98 Å². The average Bonchev–Trinajstić information content (AvgIpc) is 2.73. The monoisotopic (exact) mass is 257 g/mol. The molecule has 1 heterocycles. The van der Waals surface area contributed by atoms with Crippen LogP contribution in [0.4, 0.5) is 0 Å². The van der Waals surface area contributed by atoms with Crippen molar-refractivity contribution in [3.63, 3.8) is 0 Å². The Morgan fingerprint density at radius 2 is 1.83 bits per heavy atom. The van der Waals surface area contributed by atoms with E-state index >= 15 is 0 Å². The molecule has 0 aliphatic heterocycles. The van der Waals surface area contributed by atoms with Crippen LogP contribution in [0, 0.1) is 0 Å². The Balaban J connectivity index is 2.60. The molecule has 0 saturated heterocycles. The third-order valence-corrected chi connectivity index (χ3v) is 2.24. The maximum absolute atomic E-state index is 6.10. The van der Waals surface area contributed by atoms with Gasteiger partial charge in [-0.1, -0.05) is 5.16 Å². The van der Waals surface area contributed by atoms with Crippen molar-refractivity contribution in [1.82, 2.24) is 10.1 Å². The van der Waals surface area contributed by atoms with Gasteiger partial charge in [-0.05, 0) is 34.6 Å². The summed E-state index contributed by atoms with van der Waals surface area (Å²) in [6, 6.07) is 0. The Bertz CT molecular complexity index is 361.